The van der Waals surface area contributed by atoms with Crippen molar-refractivity contribution in [3.05, 3.63) is 66.1 Å². The second-order valence-electron chi connectivity index (χ2n) is 7.04. The lowest BCUT2D eigenvalue weighted by Crippen LogP contribution is -2.11. The van der Waals surface area contributed by atoms with Gasteiger partial charge in [-0.1, -0.05) is 37.3 Å². The number of benzene rings is 1. The first-order chi connectivity index (χ1) is 12.7. The highest BCUT2D eigenvalue weighted by Crippen LogP contribution is 2.29. The number of halogens is 1. The minimum Gasteiger partial charge on any atom is -0.255 e. The van der Waals surface area contributed by atoms with Gasteiger partial charge >= 0.3 is 0 Å². The van der Waals surface area contributed by atoms with Gasteiger partial charge in [0.05, 0.1) is 5.69 Å². The molecule has 1 aromatic carbocycles. The van der Waals surface area contributed by atoms with Crippen molar-refractivity contribution in [2.75, 3.05) is 0 Å². The lowest BCUT2D eigenvalue weighted by Gasteiger charge is -2.23. The van der Waals surface area contributed by atoms with Crippen LogP contribution in [-0.4, -0.2) is 4.98 Å². The minimum absolute atomic E-state index is 0.230. The average Bonchev–Trinajstić information content (AvgIpc) is 2.69. The molecule has 1 aliphatic carbocycles. The van der Waals surface area contributed by atoms with E-state index in [2.05, 4.69) is 35.9 Å². The molecule has 1 aliphatic rings. The van der Waals surface area contributed by atoms with Crippen molar-refractivity contribution in [3.63, 3.8) is 0 Å². The Balaban J connectivity index is 1.55. The van der Waals surface area contributed by atoms with Crippen molar-refractivity contribution in [2.24, 2.45) is 11.8 Å². The van der Waals surface area contributed by atoms with E-state index in [9.17, 15) is 4.39 Å². The number of allylic oxidation sites excluding steroid dienone is 2. The zero-order valence-electron chi connectivity index (χ0n) is 15.4. The van der Waals surface area contributed by atoms with Crippen LogP contribution >= 0.6 is 0 Å². The van der Waals surface area contributed by atoms with Crippen LogP contribution in [0.4, 0.5) is 4.39 Å². The smallest absolute Gasteiger partial charge is 0.123 e. The molecule has 1 saturated carbocycles. The molecule has 0 aliphatic heterocycles. The van der Waals surface area contributed by atoms with Gasteiger partial charge in [0.15, 0.2) is 0 Å². The van der Waals surface area contributed by atoms with Crippen molar-refractivity contribution >= 4 is 0 Å². The molecular formula is C24H26FN. The van der Waals surface area contributed by atoms with E-state index in [1.165, 1.54) is 50.7 Å². The number of unbranched alkanes of at least 4 members (excludes halogenated alkanes) is 1. The van der Waals surface area contributed by atoms with Gasteiger partial charge in [-0.05, 0) is 74.4 Å². The Hall–Kier alpha value is -2.40. The molecule has 0 N–H and O–H groups in total. The van der Waals surface area contributed by atoms with Gasteiger partial charge in [-0.15, -0.1) is 0 Å². The normalized spacial score (nSPS) is 19.9. The quantitative estimate of drug-likeness (QED) is 0.460. The number of pyridine rings is 1. The maximum Gasteiger partial charge on any atom is 0.123 e. The monoisotopic (exact) mass is 347 g/mol. The fraction of sp³-hybridized carbons (Fsp3) is 0.375. The second-order valence-corrected chi connectivity index (χ2v) is 7.04. The van der Waals surface area contributed by atoms with E-state index in [1.54, 1.807) is 12.1 Å². The first kappa shape index (κ1) is 18.4. The Labute approximate surface area is 156 Å². The Kier molecular flexibility index (Phi) is 6.61. The molecule has 0 radical (unpaired) electrons. The largest absolute Gasteiger partial charge is 0.255 e. The van der Waals surface area contributed by atoms with Gasteiger partial charge in [-0.25, -0.2) is 4.39 Å². The highest BCUT2D eigenvalue weighted by atomic mass is 19.1. The van der Waals surface area contributed by atoms with Crippen LogP contribution in [0.1, 0.15) is 51.0 Å². The number of aromatic nitrogens is 1. The number of rotatable bonds is 4. The SMILES string of the molecule is CCC/C=C/[C@H]1CC[C@H](C#Cc2ccc(-c3ccc(F)cc3)nc2)CC1. The van der Waals surface area contributed by atoms with Crippen LogP contribution in [0.3, 0.4) is 0 Å². The Morgan fingerprint density at radius 2 is 1.85 bits per heavy atom. The summed E-state index contributed by atoms with van der Waals surface area (Å²) in [5.74, 6) is 7.73. The zero-order valence-corrected chi connectivity index (χ0v) is 15.4. The third-order valence-corrected chi connectivity index (χ3v) is 4.96. The summed E-state index contributed by atoms with van der Waals surface area (Å²) >= 11 is 0. The van der Waals surface area contributed by atoms with Gasteiger partial charge in [0.1, 0.15) is 5.82 Å². The first-order valence-electron chi connectivity index (χ1n) is 9.65. The lowest BCUT2D eigenvalue weighted by atomic mass is 9.82. The highest BCUT2D eigenvalue weighted by Gasteiger charge is 2.17. The van der Waals surface area contributed by atoms with Crippen LogP contribution in [0.15, 0.2) is 54.7 Å². The molecule has 2 aromatic rings. The molecule has 0 atom stereocenters. The van der Waals surface area contributed by atoms with E-state index in [1.807, 2.05) is 18.3 Å². The van der Waals surface area contributed by atoms with E-state index in [0.717, 1.165) is 22.7 Å². The summed E-state index contributed by atoms with van der Waals surface area (Å²) in [6, 6.07) is 10.4. The van der Waals surface area contributed by atoms with E-state index in [4.69, 9.17) is 0 Å². The first-order valence-corrected chi connectivity index (χ1v) is 9.65. The van der Waals surface area contributed by atoms with Gasteiger partial charge in [-0.2, -0.15) is 0 Å². The molecule has 1 heterocycles. The third-order valence-electron chi connectivity index (χ3n) is 4.96. The van der Waals surface area contributed by atoms with Crippen LogP contribution in [0.5, 0.6) is 0 Å². The van der Waals surface area contributed by atoms with Crippen molar-refractivity contribution < 1.29 is 4.39 Å². The van der Waals surface area contributed by atoms with E-state index in [0.29, 0.717) is 5.92 Å². The van der Waals surface area contributed by atoms with Crippen LogP contribution in [-0.2, 0) is 0 Å². The molecule has 1 aromatic heterocycles. The fourth-order valence-electron chi connectivity index (χ4n) is 3.36. The summed E-state index contributed by atoms with van der Waals surface area (Å²) in [6.45, 7) is 2.22. The van der Waals surface area contributed by atoms with Crippen molar-refractivity contribution in [1.82, 2.24) is 4.98 Å². The van der Waals surface area contributed by atoms with Crippen LogP contribution in [0.25, 0.3) is 11.3 Å². The predicted molar refractivity (Wildman–Crippen MR) is 106 cm³/mol. The molecule has 0 amide bonds. The van der Waals surface area contributed by atoms with Gasteiger partial charge in [-0.3, -0.25) is 4.98 Å². The van der Waals surface area contributed by atoms with E-state index < -0.39 is 0 Å². The highest BCUT2D eigenvalue weighted by molar-refractivity contribution is 5.59. The van der Waals surface area contributed by atoms with Crippen molar-refractivity contribution in [2.45, 2.75) is 45.4 Å². The van der Waals surface area contributed by atoms with E-state index >= 15 is 0 Å². The molecule has 26 heavy (non-hydrogen) atoms. The maximum atomic E-state index is 13.0. The van der Waals surface area contributed by atoms with Crippen molar-refractivity contribution in [3.8, 4) is 23.1 Å². The average molecular weight is 347 g/mol. The standard InChI is InChI=1S/C24H26FN/c1-2-3-4-5-19-6-8-20(9-7-19)10-11-21-12-17-24(26-18-21)22-13-15-23(25)16-14-22/h4-5,12-20H,2-3,6-9H2,1H3/b5-4+/t19-,20-. The van der Waals surface area contributed by atoms with Crippen LogP contribution in [0.2, 0.25) is 0 Å². The molecule has 0 saturated heterocycles. The van der Waals surface area contributed by atoms with E-state index in [-0.39, 0.29) is 5.82 Å². The topological polar surface area (TPSA) is 12.9 Å². The summed E-state index contributed by atoms with van der Waals surface area (Å²) in [7, 11) is 0. The summed E-state index contributed by atoms with van der Waals surface area (Å²) in [5.41, 5.74) is 2.70. The number of nitrogens with zero attached hydrogens (tertiary/aromatic N) is 1. The zero-order chi connectivity index (χ0) is 18.2. The van der Waals surface area contributed by atoms with Crippen molar-refractivity contribution in [1.29, 1.82) is 0 Å². The summed E-state index contributed by atoms with van der Waals surface area (Å²) < 4.78 is 13.0. The Morgan fingerprint density at radius 3 is 2.50 bits per heavy atom. The molecule has 3 rings (SSSR count). The molecule has 134 valence electrons. The van der Waals surface area contributed by atoms with Gasteiger partial charge < -0.3 is 0 Å². The molecule has 1 fully saturated rings. The predicted octanol–water partition coefficient (Wildman–Crippen LogP) is 6.40. The van der Waals surface area contributed by atoms with Gasteiger partial charge in [0.25, 0.3) is 0 Å². The van der Waals surface area contributed by atoms with Gasteiger partial charge in [0, 0.05) is 23.2 Å². The summed E-state index contributed by atoms with van der Waals surface area (Å²) in [6.07, 6.45) is 13.9. The Bertz CT molecular complexity index is 770. The molecule has 1 nitrogen and oxygen atoms in total. The molecule has 2 heteroatoms. The maximum absolute atomic E-state index is 13.0. The number of hydrogen-bond acceptors (Lipinski definition) is 1. The van der Waals surface area contributed by atoms with Gasteiger partial charge in [0.2, 0.25) is 0 Å². The molecular weight excluding hydrogens is 321 g/mol. The molecule has 0 bridgehead atoms. The minimum atomic E-state index is -0.230. The number of hydrogen-bond donors (Lipinski definition) is 0. The summed E-state index contributed by atoms with van der Waals surface area (Å²) in [4.78, 5) is 4.46. The fourth-order valence-corrected chi connectivity index (χ4v) is 3.36. The third kappa shape index (κ3) is 5.30. The lowest BCUT2D eigenvalue weighted by molar-refractivity contribution is 0.364. The Morgan fingerprint density at radius 1 is 1.08 bits per heavy atom. The van der Waals surface area contributed by atoms with Crippen LogP contribution < -0.4 is 0 Å². The van der Waals surface area contributed by atoms with Crippen LogP contribution in [0, 0.1) is 29.5 Å². The molecule has 0 spiro atoms. The second kappa shape index (κ2) is 9.34. The summed E-state index contributed by atoms with van der Waals surface area (Å²) in [5, 5.41) is 0. The molecule has 0 unspecified atom stereocenters.